The van der Waals surface area contributed by atoms with Gasteiger partial charge in [-0.3, -0.25) is 14.9 Å². The number of hydrogen-bond acceptors (Lipinski definition) is 7. The summed E-state index contributed by atoms with van der Waals surface area (Å²) in [6.07, 6.45) is 1.02. The van der Waals surface area contributed by atoms with Crippen LogP contribution in [0.5, 0.6) is 11.5 Å². The number of thiazole rings is 1. The lowest BCUT2D eigenvalue weighted by Gasteiger charge is -2.13. The molecular weight excluding hydrogens is 422 g/mol. The van der Waals surface area contributed by atoms with Crippen LogP contribution in [0.3, 0.4) is 0 Å². The summed E-state index contributed by atoms with van der Waals surface area (Å²) in [6.45, 7) is 4.41. The molecule has 9 heteroatoms. The molecule has 0 unspecified atom stereocenters. The van der Waals surface area contributed by atoms with Crippen molar-refractivity contribution in [3.8, 4) is 11.5 Å². The number of carbonyl (C=O) groups is 2. The summed E-state index contributed by atoms with van der Waals surface area (Å²) in [5.74, 6) is 0.977. The molecular formula is C21H21N3O4S2. The van der Waals surface area contributed by atoms with Crippen molar-refractivity contribution in [2.24, 2.45) is 0 Å². The maximum Gasteiger partial charge on any atom is 0.267 e. The van der Waals surface area contributed by atoms with Crippen LogP contribution in [0.4, 0.5) is 10.8 Å². The highest BCUT2D eigenvalue weighted by Gasteiger charge is 2.23. The normalized spacial score (nSPS) is 14.7. The van der Waals surface area contributed by atoms with E-state index in [4.69, 9.17) is 9.47 Å². The Labute approximate surface area is 182 Å². The highest BCUT2D eigenvalue weighted by molar-refractivity contribution is 7.14. The number of hydrogen-bond donors (Lipinski definition) is 2. The van der Waals surface area contributed by atoms with Crippen molar-refractivity contribution < 1.29 is 19.1 Å². The molecule has 0 saturated heterocycles. The van der Waals surface area contributed by atoms with E-state index < -0.39 is 0 Å². The van der Waals surface area contributed by atoms with Crippen LogP contribution in [0.1, 0.15) is 34.8 Å². The zero-order chi connectivity index (χ0) is 21.1. The van der Waals surface area contributed by atoms with Gasteiger partial charge >= 0.3 is 0 Å². The minimum Gasteiger partial charge on any atom is -0.492 e. The van der Waals surface area contributed by atoms with Gasteiger partial charge in [0.1, 0.15) is 17.6 Å². The Morgan fingerprint density at radius 1 is 1.30 bits per heavy atom. The minimum absolute atomic E-state index is 0.0886. The number of anilines is 2. The number of ether oxygens (including phenoxy) is 2. The molecule has 156 valence electrons. The van der Waals surface area contributed by atoms with E-state index in [0.717, 1.165) is 17.7 Å². The van der Waals surface area contributed by atoms with Crippen LogP contribution in [0.15, 0.2) is 35.0 Å². The van der Waals surface area contributed by atoms with Gasteiger partial charge in [-0.2, -0.15) is 0 Å². The van der Waals surface area contributed by atoms with Crippen molar-refractivity contribution in [3.63, 3.8) is 0 Å². The van der Waals surface area contributed by atoms with Gasteiger partial charge in [-0.15, -0.1) is 22.7 Å². The van der Waals surface area contributed by atoms with Crippen LogP contribution >= 0.6 is 22.7 Å². The fraction of sp³-hybridized carbons (Fsp3) is 0.286. The topological polar surface area (TPSA) is 89.6 Å². The van der Waals surface area contributed by atoms with Crippen LogP contribution in [0.25, 0.3) is 0 Å². The predicted molar refractivity (Wildman–Crippen MR) is 118 cm³/mol. The van der Waals surface area contributed by atoms with E-state index in [2.05, 4.69) is 15.6 Å². The predicted octanol–water partition coefficient (Wildman–Crippen LogP) is 4.36. The SMILES string of the molecule is CCOc1cc2c(cc1NC(=O)Cc1csc(NC(=O)c3cccs3)n1)O[C@H](C)C2. The number of fused-ring (bicyclic) bond motifs is 1. The van der Waals surface area contributed by atoms with E-state index in [0.29, 0.717) is 33.7 Å². The second-order valence-electron chi connectivity index (χ2n) is 6.82. The van der Waals surface area contributed by atoms with Crippen molar-refractivity contribution in [2.75, 3.05) is 17.2 Å². The summed E-state index contributed by atoms with van der Waals surface area (Å²) in [5.41, 5.74) is 2.24. The van der Waals surface area contributed by atoms with Crippen molar-refractivity contribution in [1.82, 2.24) is 4.98 Å². The molecule has 4 rings (SSSR count). The molecule has 1 aliphatic rings. The molecule has 1 aromatic carbocycles. The summed E-state index contributed by atoms with van der Waals surface area (Å²) < 4.78 is 11.5. The van der Waals surface area contributed by atoms with Gasteiger partial charge in [-0.1, -0.05) is 6.07 Å². The number of rotatable bonds is 7. The lowest BCUT2D eigenvalue weighted by atomic mass is 10.1. The molecule has 1 atom stereocenters. The molecule has 2 amide bonds. The van der Waals surface area contributed by atoms with E-state index in [-0.39, 0.29) is 24.3 Å². The fourth-order valence-corrected chi connectivity index (χ4v) is 4.51. The first-order valence-corrected chi connectivity index (χ1v) is 11.3. The van der Waals surface area contributed by atoms with Gasteiger partial charge in [0.25, 0.3) is 5.91 Å². The summed E-state index contributed by atoms with van der Waals surface area (Å²) in [5, 5.41) is 9.72. The monoisotopic (exact) mass is 443 g/mol. The second kappa shape index (κ2) is 8.85. The molecule has 0 spiro atoms. The Morgan fingerprint density at radius 2 is 2.17 bits per heavy atom. The Kier molecular flexibility index (Phi) is 6.01. The molecule has 0 saturated carbocycles. The van der Waals surface area contributed by atoms with Crippen LogP contribution < -0.4 is 20.1 Å². The third-order valence-corrected chi connectivity index (χ3v) is 6.11. The molecule has 0 bridgehead atoms. The molecule has 7 nitrogen and oxygen atoms in total. The van der Waals surface area contributed by atoms with E-state index in [9.17, 15) is 9.59 Å². The first-order valence-electron chi connectivity index (χ1n) is 9.57. The highest BCUT2D eigenvalue weighted by Crippen LogP contribution is 2.38. The number of carbonyl (C=O) groups excluding carboxylic acids is 2. The Bertz CT molecular complexity index is 1060. The van der Waals surface area contributed by atoms with Gasteiger partial charge in [0.05, 0.1) is 29.3 Å². The van der Waals surface area contributed by atoms with Gasteiger partial charge in [0, 0.05) is 23.4 Å². The molecule has 2 N–H and O–H groups in total. The average molecular weight is 444 g/mol. The van der Waals surface area contributed by atoms with E-state index in [1.54, 1.807) is 11.4 Å². The zero-order valence-corrected chi connectivity index (χ0v) is 18.2. The Hall–Kier alpha value is -2.91. The number of nitrogens with one attached hydrogen (secondary N) is 2. The van der Waals surface area contributed by atoms with E-state index in [1.807, 2.05) is 37.4 Å². The maximum absolute atomic E-state index is 12.6. The Morgan fingerprint density at radius 3 is 2.93 bits per heavy atom. The summed E-state index contributed by atoms with van der Waals surface area (Å²) >= 11 is 2.65. The van der Waals surface area contributed by atoms with Crippen molar-refractivity contribution in [2.45, 2.75) is 32.8 Å². The van der Waals surface area contributed by atoms with Gasteiger partial charge in [-0.05, 0) is 31.4 Å². The smallest absolute Gasteiger partial charge is 0.267 e. The standard InChI is InChI=1S/C21H21N3O4S2/c1-3-27-17-8-13-7-12(2)28-16(13)10-15(17)23-19(25)9-14-11-30-21(22-14)24-20(26)18-5-4-6-29-18/h4-6,8,10-12H,3,7,9H2,1-2H3,(H,23,25)(H,22,24,26)/t12-/m1/s1. The summed E-state index contributed by atoms with van der Waals surface area (Å²) in [7, 11) is 0. The highest BCUT2D eigenvalue weighted by atomic mass is 32.1. The molecule has 1 aliphatic heterocycles. The maximum atomic E-state index is 12.6. The third kappa shape index (κ3) is 4.63. The number of nitrogens with zero attached hydrogens (tertiary/aromatic N) is 1. The van der Waals surface area contributed by atoms with Gasteiger partial charge in [0.15, 0.2) is 5.13 Å². The van der Waals surface area contributed by atoms with E-state index in [1.165, 1.54) is 22.7 Å². The summed E-state index contributed by atoms with van der Waals surface area (Å²) in [6, 6.07) is 7.31. The number of amides is 2. The van der Waals surface area contributed by atoms with Crippen LogP contribution in [0.2, 0.25) is 0 Å². The van der Waals surface area contributed by atoms with Gasteiger partial charge < -0.3 is 14.8 Å². The van der Waals surface area contributed by atoms with Gasteiger partial charge in [0.2, 0.25) is 5.91 Å². The molecule has 0 aliphatic carbocycles. The minimum atomic E-state index is -0.219. The molecule has 0 fully saturated rings. The molecule has 30 heavy (non-hydrogen) atoms. The third-order valence-electron chi connectivity index (χ3n) is 4.43. The molecule has 2 aromatic heterocycles. The first-order chi connectivity index (χ1) is 14.5. The second-order valence-corrected chi connectivity index (χ2v) is 8.63. The molecule has 0 radical (unpaired) electrons. The van der Waals surface area contributed by atoms with Crippen LogP contribution in [-0.4, -0.2) is 29.5 Å². The number of benzene rings is 1. The van der Waals surface area contributed by atoms with Crippen LogP contribution in [0, 0.1) is 0 Å². The number of aromatic nitrogens is 1. The largest absolute Gasteiger partial charge is 0.492 e. The lowest BCUT2D eigenvalue weighted by molar-refractivity contribution is -0.115. The van der Waals surface area contributed by atoms with Gasteiger partial charge in [-0.25, -0.2) is 4.98 Å². The Balaban J connectivity index is 1.41. The quantitative estimate of drug-likeness (QED) is 0.566. The molecule has 3 heterocycles. The lowest BCUT2D eigenvalue weighted by Crippen LogP contribution is -2.16. The first kappa shape index (κ1) is 20.4. The summed E-state index contributed by atoms with van der Waals surface area (Å²) in [4.78, 5) is 29.7. The van der Waals surface area contributed by atoms with E-state index >= 15 is 0 Å². The fourth-order valence-electron chi connectivity index (χ4n) is 3.18. The van der Waals surface area contributed by atoms with Crippen molar-refractivity contribution in [1.29, 1.82) is 0 Å². The number of thiophene rings is 1. The van der Waals surface area contributed by atoms with Crippen molar-refractivity contribution in [3.05, 3.63) is 51.2 Å². The average Bonchev–Trinajstić information content (AvgIpc) is 3.43. The molecule has 3 aromatic rings. The van der Waals surface area contributed by atoms with Crippen LogP contribution in [-0.2, 0) is 17.6 Å². The zero-order valence-electron chi connectivity index (χ0n) is 16.6. The van der Waals surface area contributed by atoms with Crippen molar-refractivity contribution >= 4 is 45.3 Å².